The maximum Gasteiger partial charge on any atom is 0.322 e. The minimum Gasteiger partial charge on any atom is -0.322 e. The third kappa shape index (κ3) is 3.73. The number of pyridine rings is 1. The molecule has 6 heteroatoms. The van der Waals surface area contributed by atoms with E-state index in [2.05, 4.69) is 10.3 Å². The van der Waals surface area contributed by atoms with Crippen LogP contribution in [0.5, 0.6) is 0 Å². The summed E-state index contributed by atoms with van der Waals surface area (Å²) in [7, 11) is 0. The maximum atomic E-state index is 12.7. The van der Waals surface area contributed by atoms with Gasteiger partial charge in [-0.15, -0.1) is 0 Å². The number of hydrogen-bond acceptors (Lipinski definition) is 2. The first-order valence-electron chi connectivity index (χ1n) is 8.41. The van der Waals surface area contributed by atoms with Crippen molar-refractivity contribution in [3.8, 4) is 0 Å². The summed E-state index contributed by atoms with van der Waals surface area (Å²) < 4.78 is 0. The first-order valence-corrected chi connectivity index (χ1v) is 8.79. The quantitative estimate of drug-likeness (QED) is 0.708. The number of anilines is 1. The molecule has 0 unspecified atom stereocenters. The highest BCUT2D eigenvalue weighted by molar-refractivity contribution is 6.31. The smallest absolute Gasteiger partial charge is 0.322 e. The van der Waals surface area contributed by atoms with Crippen LogP contribution in [0.2, 0.25) is 5.02 Å². The summed E-state index contributed by atoms with van der Waals surface area (Å²) in [6, 6.07) is 14.3. The van der Waals surface area contributed by atoms with E-state index in [-0.39, 0.29) is 11.6 Å². The highest BCUT2D eigenvalue weighted by Gasteiger charge is 2.15. The van der Waals surface area contributed by atoms with E-state index in [4.69, 9.17) is 11.6 Å². The molecule has 0 radical (unpaired) electrons. The van der Waals surface area contributed by atoms with Crippen molar-refractivity contribution in [3.63, 3.8) is 0 Å². The third-order valence-corrected chi connectivity index (χ3v) is 4.79. The molecule has 2 N–H and O–H groups in total. The molecule has 0 aliphatic rings. The largest absolute Gasteiger partial charge is 0.322 e. The number of aromatic nitrogens is 1. The second kappa shape index (κ2) is 7.62. The Hall–Kier alpha value is -2.79. The molecule has 5 nitrogen and oxygen atoms in total. The number of amides is 2. The first-order chi connectivity index (χ1) is 12.5. The molecule has 0 bridgehead atoms. The Labute approximate surface area is 156 Å². The lowest BCUT2D eigenvalue weighted by Gasteiger charge is -2.23. The van der Waals surface area contributed by atoms with Crippen LogP contribution in [0.4, 0.5) is 10.5 Å². The molecule has 1 aromatic heterocycles. The molecular weight excluding hydrogens is 350 g/mol. The second-order valence-corrected chi connectivity index (χ2v) is 6.47. The van der Waals surface area contributed by atoms with Crippen molar-refractivity contribution < 1.29 is 4.79 Å². The van der Waals surface area contributed by atoms with Gasteiger partial charge in [0.15, 0.2) is 0 Å². The summed E-state index contributed by atoms with van der Waals surface area (Å²) in [5.41, 5.74) is 2.89. The number of H-pyrrole nitrogens is 1. The molecule has 2 amide bonds. The summed E-state index contributed by atoms with van der Waals surface area (Å²) in [4.78, 5) is 29.1. The summed E-state index contributed by atoms with van der Waals surface area (Å²) >= 11 is 6.12. The average Bonchev–Trinajstić information content (AvgIpc) is 2.63. The molecular formula is C20H20ClN3O2. The lowest BCUT2D eigenvalue weighted by atomic mass is 10.1. The van der Waals surface area contributed by atoms with Gasteiger partial charge >= 0.3 is 6.03 Å². The molecule has 0 aliphatic carbocycles. The van der Waals surface area contributed by atoms with Gasteiger partial charge in [0.2, 0.25) is 5.56 Å². The molecule has 0 atom stereocenters. The molecule has 26 heavy (non-hydrogen) atoms. The minimum absolute atomic E-state index is 0.180. The topological polar surface area (TPSA) is 65.2 Å². The standard InChI is InChI=1S/C20H20ClN3O2/c1-3-24(20(26)23-17-10-6-8-16(21)13(17)2)12-14-11-19(25)22-18-9-5-4-7-15(14)18/h4-11H,3,12H2,1-2H3,(H,22,25)(H,23,26). The fourth-order valence-corrected chi connectivity index (χ4v) is 3.05. The van der Waals surface area contributed by atoms with Gasteiger partial charge in [0, 0.05) is 40.8 Å². The van der Waals surface area contributed by atoms with E-state index in [0.717, 1.165) is 22.0 Å². The molecule has 0 saturated carbocycles. The number of nitrogens with one attached hydrogen (secondary N) is 2. The van der Waals surface area contributed by atoms with Crippen LogP contribution in [-0.4, -0.2) is 22.5 Å². The predicted octanol–water partition coefficient (Wildman–Crippen LogP) is 4.54. The van der Waals surface area contributed by atoms with Gasteiger partial charge in [0.1, 0.15) is 0 Å². The highest BCUT2D eigenvalue weighted by Crippen LogP contribution is 2.23. The number of nitrogens with zero attached hydrogens (tertiary/aromatic N) is 1. The van der Waals surface area contributed by atoms with Gasteiger partial charge in [0.05, 0.1) is 0 Å². The number of aromatic amines is 1. The lowest BCUT2D eigenvalue weighted by molar-refractivity contribution is 0.212. The van der Waals surface area contributed by atoms with E-state index >= 15 is 0 Å². The zero-order valence-corrected chi connectivity index (χ0v) is 15.4. The van der Waals surface area contributed by atoms with Crippen LogP contribution in [0.15, 0.2) is 53.3 Å². The zero-order valence-electron chi connectivity index (χ0n) is 14.7. The number of urea groups is 1. The van der Waals surface area contributed by atoms with E-state index < -0.39 is 0 Å². The predicted molar refractivity (Wildman–Crippen MR) is 106 cm³/mol. The Morgan fingerprint density at radius 3 is 2.73 bits per heavy atom. The van der Waals surface area contributed by atoms with Gasteiger partial charge in [-0.1, -0.05) is 35.9 Å². The van der Waals surface area contributed by atoms with Crippen LogP contribution in [0.1, 0.15) is 18.1 Å². The molecule has 0 aliphatic heterocycles. The van der Waals surface area contributed by atoms with Gasteiger partial charge < -0.3 is 15.2 Å². The van der Waals surface area contributed by atoms with Crippen LogP contribution in [0.3, 0.4) is 0 Å². The number of halogens is 1. The fraction of sp³-hybridized carbons (Fsp3) is 0.200. The Bertz CT molecular complexity index is 1010. The third-order valence-electron chi connectivity index (χ3n) is 4.38. The van der Waals surface area contributed by atoms with Crippen LogP contribution < -0.4 is 10.9 Å². The molecule has 3 rings (SSSR count). The number of hydrogen-bond donors (Lipinski definition) is 2. The van der Waals surface area contributed by atoms with Crippen molar-refractivity contribution >= 4 is 34.2 Å². The van der Waals surface area contributed by atoms with E-state index in [1.54, 1.807) is 23.1 Å². The summed E-state index contributed by atoms with van der Waals surface area (Å²) in [5, 5.41) is 4.43. The van der Waals surface area contributed by atoms with Crippen molar-refractivity contribution in [3.05, 3.63) is 75.0 Å². The van der Waals surface area contributed by atoms with Crippen molar-refractivity contribution in [2.75, 3.05) is 11.9 Å². The Kier molecular flexibility index (Phi) is 5.28. The molecule has 0 fully saturated rings. The molecule has 134 valence electrons. The number of para-hydroxylation sites is 1. The molecule has 3 aromatic rings. The molecule has 0 saturated heterocycles. The van der Waals surface area contributed by atoms with Crippen molar-refractivity contribution in [2.24, 2.45) is 0 Å². The number of carbonyl (C=O) groups excluding carboxylic acids is 1. The van der Waals surface area contributed by atoms with Gasteiger partial charge in [-0.3, -0.25) is 4.79 Å². The SMILES string of the molecule is CCN(Cc1cc(=O)[nH]c2ccccc12)C(=O)Nc1cccc(Cl)c1C. The monoisotopic (exact) mass is 369 g/mol. The lowest BCUT2D eigenvalue weighted by Crippen LogP contribution is -2.34. The fourth-order valence-electron chi connectivity index (χ4n) is 2.88. The van der Waals surface area contributed by atoms with Gasteiger partial charge in [0.25, 0.3) is 0 Å². The summed E-state index contributed by atoms with van der Waals surface area (Å²) in [5.74, 6) is 0. The van der Waals surface area contributed by atoms with Crippen LogP contribution in [0.25, 0.3) is 10.9 Å². The normalized spacial score (nSPS) is 10.7. The Morgan fingerprint density at radius 1 is 1.19 bits per heavy atom. The zero-order chi connectivity index (χ0) is 18.7. The first kappa shape index (κ1) is 18.0. The number of rotatable bonds is 4. The van der Waals surface area contributed by atoms with Crippen LogP contribution in [0, 0.1) is 6.92 Å². The van der Waals surface area contributed by atoms with Crippen LogP contribution in [-0.2, 0) is 6.54 Å². The summed E-state index contributed by atoms with van der Waals surface area (Å²) in [6.45, 7) is 4.61. The number of benzene rings is 2. The minimum atomic E-state index is -0.234. The average molecular weight is 370 g/mol. The molecule has 2 aromatic carbocycles. The molecule has 0 spiro atoms. The van der Waals surface area contributed by atoms with Gasteiger partial charge in [-0.2, -0.15) is 0 Å². The van der Waals surface area contributed by atoms with Crippen molar-refractivity contribution in [1.29, 1.82) is 0 Å². The second-order valence-electron chi connectivity index (χ2n) is 6.06. The van der Waals surface area contributed by atoms with Crippen molar-refractivity contribution in [2.45, 2.75) is 20.4 Å². The van der Waals surface area contributed by atoms with Gasteiger partial charge in [-0.25, -0.2) is 4.79 Å². The highest BCUT2D eigenvalue weighted by atomic mass is 35.5. The van der Waals surface area contributed by atoms with E-state index in [1.807, 2.05) is 44.2 Å². The molecule has 1 heterocycles. The summed E-state index contributed by atoms with van der Waals surface area (Å²) in [6.07, 6.45) is 0. The van der Waals surface area contributed by atoms with Crippen LogP contribution >= 0.6 is 11.6 Å². The maximum absolute atomic E-state index is 12.7. The number of carbonyl (C=O) groups is 1. The van der Waals surface area contributed by atoms with Crippen molar-refractivity contribution in [1.82, 2.24) is 9.88 Å². The Balaban J connectivity index is 1.87. The van der Waals surface area contributed by atoms with Gasteiger partial charge in [-0.05, 0) is 43.2 Å². The number of fused-ring (bicyclic) bond motifs is 1. The van der Waals surface area contributed by atoms with E-state index in [1.165, 1.54) is 0 Å². The van der Waals surface area contributed by atoms with E-state index in [9.17, 15) is 9.59 Å². The Morgan fingerprint density at radius 2 is 1.96 bits per heavy atom. The van der Waals surface area contributed by atoms with E-state index in [0.29, 0.717) is 23.8 Å².